The van der Waals surface area contributed by atoms with E-state index >= 15 is 0 Å². The first-order valence-corrected chi connectivity index (χ1v) is 13.0. The van der Waals surface area contributed by atoms with Crippen LogP contribution in [0.5, 0.6) is 5.75 Å². The molecule has 0 fully saturated rings. The molecule has 1 aliphatic heterocycles. The quantitative estimate of drug-likeness (QED) is 0.288. The number of thiazole rings is 1. The fourth-order valence-corrected chi connectivity index (χ4v) is 6.23. The van der Waals surface area contributed by atoms with E-state index in [4.69, 9.17) is 16.6 Å². The molecule has 2 aliphatic rings. The highest BCUT2D eigenvalue weighted by atomic mass is 35.5. The molecule has 1 atom stereocenters. The molecule has 0 unspecified atom stereocenters. The Bertz CT molecular complexity index is 1890. The van der Waals surface area contributed by atoms with Gasteiger partial charge in [0.05, 0.1) is 26.1 Å². The van der Waals surface area contributed by atoms with Crippen molar-refractivity contribution in [2.24, 2.45) is 4.99 Å². The molecule has 0 radical (unpaired) electrons. The molecule has 0 saturated heterocycles. The predicted octanol–water partition coefficient (Wildman–Crippen LogP) is 4.49. The van der Waals surface area contributed by atoms with Crippen molar-refractivity contribution < 1.29 is 15.0 Å². The molecule has 1 aliphatic carbocycles. The average molecular weight is 561 g/mol. The number of hydrogen-bond acceptors (Lipinski definition) is 8. The van der Waals surface area contributed by atoms with E-state index in [0.29, 0.717) is 16.2 Å². The van der Waals surface area contributed by atoms with Crippen molar-refractivity contribution in [2.75, 3.05) is 0 Å². The lowest BCUT2D eigenvalue weighted by atomic mass is 9.83. The first-order valence-electron chi connectivity index (χ1n) is 11.8. The number of halogens is 1. The van der Waals surface area contributed by atoms with E-state index in [1.807, 2.05) is 30.3 Å². The predicted molar refractivity (Wildman–Crippen MR) is 146 cm³/mol. The van der Waals surface area contributed by atoms with Crippen LogP contribution in [0.4, 0.5) is 11.4 Å². The molecule has 1 N–H and O–H groups in total. The number of fused-ring (bicyclic) bond motifs is 3. The van der Waals surface area contributed by atoms with Crippen LogP contribution in [0.1, 0.15) is 34.7 Å². The van der Waals surface area contributed by atoms with Crippen LogP contribution in [0.2, 0.25) is 5.02 Å². The SMILES string of the molecule is O=c1/c(=C\c2cc([N+](=O)[O-])c(O)c([N+](=O)[O-])c2)sc2n1[C@@H](c1ccc(Cl)cc1)C1=C(N=2)c2ccccc2CC1. The van der Waals surface area contributed by atoms with E-state index in [0.717, 1.165) is 57.9 Å². The van der Waals surface area contributed by atoms with Crippen LogP contribution in [0, 0.1) is 20.2 Å². The Hall–Kier alpha value is -4.61. The molecule has 1 aromatic heterocycles. The molecule has 194 valence electrons. The van der Waals surface area contributed by atoms with Crippen LogP contribution in [-0.2, 0) is 6.42 Å². The summed E-state index contributed by atoms with van der Waals surface area (Å²) in [5.74, 6) is -1.04. The van der Waals surface area contributed by atoms with E-state index in [1.54, 1.807) is 16.7 Å². The van der Waals surface area contributed by atoms with E-state index < -0.39 is 33.0 Å². The zero-order valence-electron chi connectivity index (χ0n) is 19.9. The molecule has 10 nitrogen and oxygen atoms in total. The zero-order valence-corrected chi connectivity index (χ0v) is 21.5. The molecule has 0 saturated carbocycles. The molecule has 4 aromatic rings. The maximum absolute atomic E-state index is 13.8. The Labute approximate surface area is 228 Å². The van der Waals surface area contributed by atoms with E-state index in [9.17, 15) is 30.1 Å². The molecular weight excluding hydrogens is 544 g/mol. The van der Waals surface area contributed by atoms with Crippen molar-refractivity contribution in [1.29, 1.82) is 0 Å². The molecule has 2 heterocycles. The third kappa shape index (κ3) is 4.12. The molecule has 39 heavy (non-hydrogen) atoms. The topological polar surface area (TPSA) is 141 Å². The molecule has 6 rings (SSSR count). The summed E-state index contributed by atoms with van der Waals surface area (Å²) in [5, 5.41) is 33.4. The van der Waals surface area contributed by atoms with Crippen molar-refractivity contribution in [1.82, 2.24) is 4.57 Å². The van der Waals surface area contributed by atoms with Gasteiger partial charge in [-0.05, 0) is 53.3 Å². The fraction of sp³-hybridized carbons (Fsp3) is 0.111. The molecule has 3 aromatic carbocycles. The third-order valence-corrected chi connectivity index (χ3v) is 8.08. The standard InChI is InChI=1S/C27H17ClN4O6S/c28-17-8-5-16(6-9-17)24-19-10-7-15-3-1-2-4-18(15)23(19)29-27-30(24)26(34)22(39-27)13-14-11-20(31(35)36)25(33)21(12-14)32(37)38/h1-6,8-9,11-13,24,33H,7,10H2/b22-13+/t24-/m0/s1. The van der Waals surface area contributed by atoms with Gasteiger partial charge in [-0.25, -0.2) is 4.99 Å². The zero-order chi connectivity index (χ0) is 27.4. The Kier molecular flexibility index (Phi) is 5.89. The van der Waals surface area contributed by atoms with Gasteiger partial charge in [0.15, 0.2) is 4.80 Å². The van der Waals surface area contributed by atoms with Gasteiger partial charge in [0.2, 0.25) is 0 Å². The largest absolute Gasteiger partial charge is 0.497 e. The molecule has 12 heteroatoms. The number of benzene rings is 3. The number of nitrogens with zero attached hydrogens (tertiary/aromatic N) is 4. The van der Waals surface area contributed by atoms with Crippen molar-refractivity contribution in [3.8, 4) is 5.75 Å². The Balaban J connectivity index is 1.61. The molecule has 0 amide bonds. The Morgan fingerprint density at radius 3 is 2.36 bits per heavy atom. The highest BCUT2D eigenvalue weighted by Crippen LogP contribution is 2.41. The maximum Gasteiger partial charge on any atom is 0.318 e. The fourth-order valence-electron chi connectivity index (χ4n) is 5.11. The van der Waals surface area contributed by atoms with E-state index in [2.05, 4.69) is 6.07 Å². The average Bonchev–Trinajstić information content (AvgIpc) is 3.22. The Morgan fingerprint density at radius 1 is 1.03 bits per heavy atom. The summed E-state index contributed by atoms with van der Waals surface area (Å²) in [5.41, 5.74) is 2.81. The summed E-state index contributed by atoms with van der Waals surface area (Å²) in [6.45, 7) is 0. The first kappa shape index (κ1) is 24.7. The van der Waals surface area contributed by atoms with Crippen LogP contribution in [0.15, 0.2) is 76.0 Å². The van der Waals surface area contributed by atoms with Gasteiger partial charge in [-0.15, -0.1) is 0 Å². The van der Waals surface area contributed by atoms with Crippen LogP contribution >= 0.6 is 22.9 Å². The lowest BCUT2D eigenvalue weighted by molar-refractivity contribution is -0.396. The highest BCUT2D eigenvalue weighted by molar-refractivity contribution is 7.07. The van der Waals surface area contributed by atoms with Crippen LogP contribution in [0.25, 0.3) is 11.8 Å². The van der Waals surface area contributed by atoms with Gasteiger partial charge in [-0.1, -0.05) is 59.3 Å². The number of nitro benzene ring substituents is 2. The van der Waals surface area contributed by atoms with Gasteiger partial charge < -0.3 is 5.11 Å². The Morgan fingerprint density at radius 2 is 1.69 bits per heavy atom. The third-order valence-electron chi connectivity index (χ3n) is 6.84. The van der Waals surface area contributed by atoms with Crippen LogP contribution in [-0.4, -0.2) is 19.5 Å². The minimum Gasteiger partial charge on any atom is -0.497 e. The summed E-state index contributed by atoms with van der Waals surface area (Å²) in [4.78, 5) is 40.1. The molecule has 0 spiro atoms. The lowest BCUT2D eigenvalue weighted by Gasteiger charge is -2.30. The number of allylic oxidation sites excluding steroid dienone is 1. The maximum atomic E-state index is 13.8. The number of aromatic hydroxyl groups is 1. The normalized spacial score (nSPS) is 16.2. The van der Waals surface area contributed by atoms with Gasteiger partial charge in [0.1, 0.15) is 0 Å². The first-order chi connectivity index (χ1) is 18.7. The second-order valence-electron chi connectivity index (χ2n) is 9.09. The van der Waals surface area contributed by atoms with Gasteiger partial charge in [-0.2, -0.15) is 0 Å². The van der Waals surface area contributed by atoms with Gasteiger partial charge in [-0.3, -0.25) is 29.6 Å². The van der Waals surface area contributed by atoms with Crippen LogP contribution in [0.3, 0.4) is 0 Å². The minimum atomic E-state index is -1.04. The minimum absolute atomic E-state index is 0.0357. The van der Waals surface area contributed by atoms with E-state index in [1.165, 1.54) is 6.08 Å². The number of phenolic OH excluding ortho intramolecular Hbond substituents is 1. The van der Waals surface area contributed by atoms with Crippen molar-refractivity contribution in [2.45, 2.75) is 18.9 Å². The summed E-state index contributed by atoms with van der Waals surface area (Å²) < 4.78 is 1.78. The molecule has 0 bridgehead atoms. The number of phenols is 1. The van der Waals surface area contributed by atoms with E-state index in [-0.39, 0.29) is 15.7 Å². The number of aromatic nitrogens is 1. The molecular formula is C27H17ClN4O6S. The highest BCUT2D eigenvalue weighted by Gasteiger charge is 2.33. The lowest BCUT2D eigenvalue weighted by Crippen LogP contribution is -2.38. The number of nitro groups is 2. The van der Waals surface area contributed by atoms with Crippen molar-refractivity contribution >= 4 is 46.1 Å². The monoisotopic (exact) mass is 560 g/mol. The number of hydrogen-bond donors (Lipinski definition) is 1. The smallest absolute Gasteiger partial charge is 0.318 e. The summed E-state index contributed by atoms with van der Waals surface area (Å²) in [6, 6.07) is 16.8. The van der Waals surface area contributed by atoms with Crippen LogP contribution < -0.4 is 14.9 Å². The summed E-state index contributed by atoms with van der Waals surface area (Å²) in [6.07, 6.45) is 2.84. The van der Waals surface area contributed by atoms with Crippen molar-refractivity contribution in [3.05, 3.63) is 133 Å². The summed E-state index contributed by atoms with van der Waals surface area (Å²) >= 11 is 7.23. The van der Waals surface area contributed by atoms with Gasteiger partial charge in [0.25, 0.3) is 11.3 Å². The van der Waals surface area contributed by atoms with Gasteiger partial charge in [0, 0.05) is 22.7 Å². The number of rotatable bonds is 4. The summed E-state index contributed by atoms with van der Waals surface area (Å²) in [7, 11) is 0. The van der Waals surface area contributed by atoms with Gasteiger partial charge >= 0.3 is 11.4 Å². The second kappa shape index (κ2) is 9.29. The second-order valence-corrected chi connectivity index (χ2v) is 10.5. The van der Waals surface area contributed by atoms with Crippen molar-refractivity contribution in [3.63, 3.8) is 0 Å². The number of aryl methyl sites for hydroxylation is 1.